The fourth-order valence-electron chi connectivity index (χ4n) is 2.68. The SMILES string of the molecule is CSC1CCCCC1NC(=O)N(CC(=O)O)C1CC1. The van der Waals surface area contributed by atoms with Gasteiger partial charge in [0.05, 0.1) is 0 Å². The van der Waals surface area contributed by atoms with Crippen LogP contribution in [0.4, 0.5) is 4.79 Å². The number of carbonyl (C=O) groups excluding carboxylic acids is 1. The summed E-state index contributed by atoms with van der Waals surface area (Å²) in [4.78, 5) is 24.5. The van der Waals surface area contributed by atoms with E-state index in [1.54, 1.807) is 11.8 Å². The van der Waals surface area contributed by atoms with Crippen molar-refractivity contribution in [3.63, 3.8) is 0 Å². The minimum absolute atomic E-state index is 0.132. The van der Waals surface area contributed by atoms with Gasteiger partial charge in [0.2, 0.25) is 0 Å². The van der Waals surface area contributed by atoms with Gasteiger partial charge in [-0.25, -0.2) is 4.79 Å². The van der Waals surface area contributed by atoms with Crippen molar-refractivity contribution in [3.8, 4) is 0 Å². The summed E-state index contributed by atoms with van der Waals surface area (Å²) in [5.41, 5.74) is 0. The van der Waals surface area contributed by atoms with Crippen LogP contribution < -0.4 is 5.32 Å². The Labute approximate surface area is 118 Å². The minimum Gasteiger partial charge on any atom is -0.480 e. The van der Waals surface area contributed by atoms with Crippen LogP contribution in [0.5, 0.6) is 0 Å². The molecule has 0 aromatic carbocycles. The first-order valence-corrected chi connectivity index (χ1v) is 8.22. The Morgan fingerprint density at radius 3 is 2.53 bits per heavy atom. The van der Waals surface area contributed by atoms with Crippen LogP contribution in [0.25, 0.3) is 0 Å². The van der Waals surface area contributed by atoms with Gasteiger partial charge in [0.1, 0.15) is 6.54 Å². The van der Waals surface area contributed by atoms with E-state index in [1.165, 1.54) is 11.3 Å². The Morgan fingerprint density at radius 2 is 1.95 bits per heavy atom. The van der Waals surface area contributed by atoms with Crippen LogP contribution in [0.15, 0.2) is 0 Å². The van der Waals surface area contributed by atoms with Gasteiger partial charge in [-0.05, 0) is 31.9 Å². The third-order valence-electron chi connectivity index (χ3n) is 3.87. The second kappa shape index (κ2) is 6.50. The van der Waals surface area contributed by atoms with Crippen molar-refractivity contribution in [2.45, 2.75) is 55.9 Å². The Kier molecular flexibility index (Phi) is 4.96. The fraction of sp³-hybridized carbons (Fsp3) is 0.846. The zero-order valence-corrected chi connectivity index (χ0v) is 12.1. The number of aliphatic carboxylic acids is 1. The van der Waals surface area contributed by atoms with Crippen molar-refractivity contribution in [1.82, 2.24) is 10.2 Å². The molecule has 0 saturated heterocycles. The van der Waals surface area contributed by atoms with Crippen molar-refractivity contribution in [3.05, 3.63) is 0 Å². The lowest BCUT2D eigenvalue weighted by atomic mass is 9.95. The van der Waals surface area contributed by atoms with Gasteiger partial charge in [-0.15, -0.1) is 0 Å². The van der Waals surface area contributed by atoms with E-state index in [4.69, 9.17) is 5.11 Å². The highest BCUT2D eigenvalue weighted by molar-refractivity contribution is 7.99. The van der Waals surface area contributed by atoms with Crippen LogP contribution in [-0.4, -0.2) is 52.1 Å². The van der Waals surface area contributed by atoms with Crippen molar-refractivity contribution >= 4 is 23.8 Å². The summed E-state index contributed by atoms with van der Waals surface area (Å²) in [5.74, 6) is -0.938. The van der Waals surface area contributed by atoms with Gasteiger partial charge >= 0.3 is 12.0 Å². The topological polar surface area (TPSA) is 69.6 Å². The number of hydrogen-bond acceptors (Lipinski definition) is 3. The molecule has 0 aromatic heterocycles. The minimum atomic E-state index is -0.938. The first kappa shape index (κ1) is 14.5. The largest absolute Gasteiger partial charge is 0.480 e. The van der Waals surface area contributed by atoms with Crippen molar-refractivity contribution in [1.29, 1.82) is 0 Å². The van der Waals surface area contributed by atoms with Gasteiger partial charge in [-0.1, -0.05) is 12.8 Å². The summed E-state index contributed by atoms with van der Waals surface area (Å²) < 4.78 is 0. The molecule has 2 aliphatic rings. The fourth-order valence-corrected chi connectivity index (χ4v) is 3.62. The number of amides is 2. The maximum Gasteiger partial charge on any atom is 0.323 e. The van der Waals surface area contributed by atoms with Crippen LogP contribution in [0.3, 0.4) is 0 Å². The predicted molar refractivity (Wildman–Crippen MR) is 75.5 cm³/mol. The number of carbonyl (C=O) groups is 2. The molecule has 6 heteroatoms. The Hall–Kier alpha value is -0.910. The molecular weight excluding hydrogens is 264 g/mol. The van der Waals surface area contributed by atoms with Gasteiger partial charge in [0.25, 0.3) is 0 Å². The van der Waals surface area contributed by atoms with E-state index in [2.05, 4.69) is 11.6 Å². The standard InChI is InChI=1S/C13H22N2O3S/c1-19-11-5-3-2-4-10(11)14-13(18)15(8-12(16)17)9-6-7-9/h9-11H,2-8H2,1H3,(H,14,18)(H,16,17). The van der Waals surface area contributed by atoms with E-state index in [0.717, 1.165) is 32.1 Å². The molecule has 2 amide bonds. The third-order valence-corrected chi connectivity index (χ3v) is 5.04. The summed E-state index contributed by atoms with van der Waals surface area (Å²) in [7, 11) is 0. The monoisotopic (exact) mass is 286 g/mol. The third kappa shape index (κ3) is 4.03. The van der Waals surface area contributed by atoms with Gasteiger partial charge in [-0.3, -0.25) is 4.79 Å². The smallest absolute Gasteiger partial charge is 0.323 e. The lowest BCUT2D eigenvalue weighted by Crippen LogP contribution is -2.51. The molecule has 19 heavy (non-hydrogen) atoms. The van der Waals surface area contributed by atoms with Crippen molar-refractivity contribution in [2.24, 2.45) is 0 Å². The Morgan fingerprint density at radius 1 is 1.26 bits per heavy atom. The van der Waals surface area contributed by atoms with Crippen molar-refractivity contribution in [2.75, 3.05) is 12.8 Å². The molecule has 2 unspecified atom stereocenters. The first-order valence-electron chi connectivity index (χ1n) is 6.93. The molecule has 0 spiro atoms. The number of nitrogens with one attached hydrogen (secondary N) is 1. The number of nitrogens with zero attached hydrogens (tertiary/aromatic N) is 1. The highest BCUT2D eigenvalue weighted by Crippen LogP contribution is 2.29. The van der Waals surface area contributed by atoms with Crippen LogP contribution >= 0.6 is 11.8 Å². The van der Waals surface area contributed by atoms with E-state index >= 15 is 0 Å². The summed E-state index contributed by atoms with van der Waals surface area (Å²) in [5, 5.41) is 12.4. The van der Waals surface area contributed by atoms with Gasteiger partial charge in [0, 0.05) is 17.3 Å². The summed E-state index contributed by atoms with van der Waals surface area (Å²) >= 11 is 1.80. The van der Waals surface area contributed by atoms with Gasteiger partial charge in [-0.2, -0.15) is 11.8 Å². The average molecular weight is 286 g/mol. The average Bonchev–Trinajstić information content (AvgIpc) is 3.20. The summed E-state index contributed by atoms with van der Waals surface area (Å²) in [6.07, 6.45) is 8.43. The first-order chi connectivity index (χ1) is 9.11. The molecule has 0 bridgehead atoms. The normalized spacial score (nSPS) is 26.8. The van der Waals surface area contributed by atoms with E-state index < -0.39 is 5.97 Å². The molecule has 2 atom stereocenters. The van der Waals surface area contributed by atoms with Crippen LogP contribution in [0.2, 0.25) is 0 Å². The molecule has 0 aliphatic heterocycles. The molecule has 2 aliphatic carbocycles. The molecule has 0 radical (unpaired) electrons. The number of carboxylic acids is 1. The second-order valence-electron chi connectivity index (χ2n) is 5.37. The summed E-state index contributed by atoms with van der Waals surface area (Å²) in [6.45, 7) is -0.187. The zero-order chi connectivity index (χ0) is 13.8. The Balaban J connectivity index is 1.91. The zero-order valence-electron chi connectivity index (χ0n) is 11.3. The van der Waals surface area contributed by atoms with Crippen molar-refractivity contribution < 1.29 is 14.7 Å². The lowest BCUT2D eigenvalue weighted by molar-refractivity contribution is -0.137. The molecule has 5 nitrogen and oxygen atoms in total. The summed E-state index contributed by atoms with van der Waals surface area (Å²) in [6, 6.07) is 0.120. The number of hydrogen-bond donors (Lipinski definition) is 2. The molecule has 0 aromatic rings. The predicted octanol–water partition coefficient (Wildman–Crippen LogP) is 1.92. The lowest BCUT2D eigenvalue weighted by Gasteiger charge is -2.33. The second-order valence-corrected chi connectivity index (χ2v) is 6.44. The molecule has 2 N–H and O–H groups in total. The van der Waals surface area contributed by atoms with E-state index in [9.17, 15) is 9.59 Å². The molecule has 2 saturated carbocycles. The molecular formula is C13H22N2O3S. The number of rotatable bonds is 5. The highest BCUT2D eigenvalue weighted by atomic mass is 32.2. The number of urea groups is 1. The highest BCUT2D eigenvalue weighted by Gasteiger charge is 2.35. The number of thioether (sulfide) groups is 1. The quantitative estimate of drug-likeness (QED) is 0.810. The number of carboxylic acid groups (broad SMARTS) is 1. The maximum atomic E-state index is 12.2. The van der Waals surface area contributed by atoms with Crippen LogP contribution in [0, 0.1) is 0 Å². The van der Waals surface area contributed by atoms with Crippen LogP contribution in [-0.2, 0) is 4.79 Å². The molecule has 108 valence electrons. The van der Waals surface area contributed by atoms with E-state index in [0.29, 0.717) is 5.25 Å². The Bertz CT molecular complexity index is 347. The van der Waals surface area contributed by atoms with Gasteiger partial charge in [0.15, 0.2) is 0 Å². The van der Waals surface area contributed by atoms with E-state index in [-0.39, 0.29) is 24.7 Å². The van der Waals surface area contributed by atoms with Crippen LogP contribution in [0.1, 0.15) is 38.5 Å². The molecule has 0 heterocycles. The van der Waals surface area contributed by atoms with E-state index in [1.807, 2.05) is 0 Å². The maximum absolute atomic E-state index is 12.2. The van der Waals surface area contributed by atoms with Gasteiger partial charge < -0.3 is 15.3 Å². The molecule has 2 rings (SSSR count). The molecule has 2 fully saturated rings.